The molecule has 22 heavy (non-hydrogen) atoms. The van der Waals surface area contributed by atoms with Gasteiger partial charge in [0.2, 0.25) is 6.23 Å². The molecule has 0 N–H and O–H groups in total. The number of carbonyl (C=O) groups excluding carboxylic acids is 3. The molecule has 110 valence electrons. The van der Waals surface area contributed by atoms with Crippen LogP contribution in [0.25, 0.3) is 0 Å². The molecule has 3 rings (SSSR count). The van der Waals surface area contributed by atoms with Crippen LogP contribution in [-0.4, -0.2) is 22.7 Å². The maximum atomic E-state index is 12.5. The monoisotopic (exact) mass is 295 g/mol. The third-order valence-electron chi connectivity index (χ3n) is 3.42. The van der Waals surface area contributed by atoms with Gasteiger partial charge in [0.25, 0.3) is 11.8 Å². The first kappa shape index (κ1) is 14.0. The van der Waals surface area contributed by atoms with Crippen molar-refractivity contribution in [2.45, 2.75) is 13.2 Å². The van der Waals surface area contributed by atoms with Crippen molar-refractivity contribution in [1.82, 2.24) is 4.90 Å². The van der Waals surface area contributed by atoms with Gasteiger partial charge in [-0.1, -0.05) is 42.5 Å². The minimum atomic E-state index is -1.06. The second-order valence-corrected chi connectivity index (χ2v) is 4.90. The summed E-state index contributed by atoms with van der Waals surface area (Å²) in [5.74, 6) is -1.49. The highest BCUT2D eigenvalue weighted by atomic mass is 16.6. The number of hydrogen-bond donors (Lipinski definition) is 0. The van der Waals surface area contributed by atoms with E-state index in [0.29, 0.717) is 16.7 Å². The highest BCUT2D eigenvalue weighted by Gasteiger charge is 2.41. The van der Waals surface area contributed by atoms with Crippen LogP contribution in [0.15, 0.2) is 54.6 Å². The van der Waals surface area contributed by atoms with Gasteiger partial charge in [-0.3, -0.25) is 14.4 Å². The summed E-state index contributed by atoms with van der Waals surface area (Å²) < 4.78 is 5.24. The Morgan fingerprint density at radius 2 is 1.41 bits per heavy atom. The summed E-state index contributed by atoms with van der Waals surface area (Å²) in [6.07, 6.45) is -1.06. The normalized spacial score (nSPS) is 14.7. The van der Waals surface area contributed by atoms with E-state index in [9.17, 15) is 14.4 Å². The first-order chi connectivity index (χ1) is 10.6. The first-order valence-electron chi connectivity index (χ1n) is 6.78. The standard InChI is InChI=1S/C17H13NO4/c1-11(19)22-17(12-7-3-2-4-8-12)18-15(20)13-9-5-6-10-14(13)16(18)21/h2-10,17H,1H3. The lowest BCUT2D eigenvalue weighted by atomic mass is 10.1. The lowest BCUT2D eigenvalue weighted by molar-refractivity contribution is -0.152. The van der Waals surface area contributed by atoms with E-state index in [-0.39, 0.29) is 0 Å². The van der Waals surface area contributed by atoms with Crippen LogP contribution in [-0.2, 0) is 9.53 Å². The number of ether oxygens (including phenoxy) is 1. The Hall–Kier alpha value is -2.95. The van der Waals surface area contributed by atoms with Gasteiger partial charge in [0, 0.05) is 12.5 Å². The van der Waals surface area contributed by atoms with Gasteiger partial charge in [-0.2, -0.15) is 0 Å². The minimum absolute atomic E-state index is 0.320. The summed E-state index contributed by atoms with van der Waals surface area (Å²) >= 11 is 0. The first-order valence-corrected chi connectivity index (χ1v) is 6.78. The maximum absolute atomic E-state index is 12.5. The van der Waals surface area contributed by atoms with Crippen LogP contribution in [0.4, 0.5) is 0 Å². The molecule has 1 aliphatic heterocycles. The molecular weight excluding hydrogens is 282 g/mol. The predicted octanol–water partition coefficient (Wildman–Crippen LogP) is 2.54. The molecule has 2 amide bonds. The molecule has 0 radical (unpaired) electrons. The molecule has 0 fully saturated rings. The van der Waals surface area contributed by atoms with Crippen molar-refractivity contribution in [3.63, 3.8) is 0 Å². The van der Waals surface area contributed by atoms with Crippen molar-refractivity contribution in [3.8, 4) is 0 Å². The fraction of sp³-hybridized carbons (Fsp3) is 0.118. The van der Waals surface area contributed by atoms with Gasteiger partial charge >= 0.3 is 5.97 Å². The minimum Gasteiger partial charge on any atom is -0.437 e. The SMILES string of the molecule is CC(=O)OC(c1ccccc1)N1C(=O)c2ccccc2C1=O. The molecule has 0 aromatic heterocycles. The summed E-state index contributed by atoms with van der Waals surface area (Å²) in [4.78, 5) is 37.4. The van der Waals surface area contributed by atoms with Crippen LogP contribution in [0.5, 0.6) is 0 Å². The number of nitrogens with zero attached hydrogens (tertiary/aromatic N) is 1. The zero-order valence-electron chi connectivity index (χ0n) is 11.9. The molecule has 0 saturated heterocycles. The van der Waals surface area contributed by atoms with Crippen molar-refractivity contribution in [2.75, 3.05) is 0 Å². The lowest BCUT2D eigenvalue weighted by Gasteiger charge is -2.25. The average Bonchev–Trinajstić information content (AvgIpc) is 2.78. The quantitative estimate of drug-likeness (QED) is 0.645. The average molecular weight is 295 g/mol. The van der Waals surface area contributed by atoms with Gasteiger partial charge in [-0.15, -0.1) is 0 Å². The highest BCUT2D eigenvalue weighted by molar-refractivity contribution is 6.21. The predicted molar refractivity (Wildman–Crippen MR) is 77.9 cm³/mol. The fourth-order valence-electron chi connectivity index (χ4n) is 2.47. The molecule has 5 heteroatoms. The Morgan fingerprint density at radius 3 is 1.91 bits per heavy atom. The van der Waals surface area contributed by atoms with Gasteiger partial charge in [-0.05, 0) is 12.1 Å². The fourth-order valence-corrected chi connectivity index (χ4v) is 2.47. The van der Waals surface area contributed by atoms with E-state index >= 15 is 0 Å². The van der Waals surface area contributed by atoms with E-state index in [4.69, 9.17) is 4.74 Å². The maximum Gasteiger partial charge on any atom is 0.304 e. The number of imide groups is 1. The Bertz CT molecular complexity index is 719. The second kappa shape index (κ2) is 5.44. The molecule has 2 aromatic carbocycles. The van der Waals surface area contributed by atoms with Gasteiger partial charge in [0.15, 0.2) is 0 Å². The molecule has 0 aliphatic carbocycles. The molecule has 1 aliphatic rings. The molecule has 1 unspecified atom stereocenters. The summed E-state index contributed by atoms with van der Waals surface area (Å²) in [6, 6.07) is 15.3. The summed E-state index contributed by atoms with van der Waals surface area (Å²) in [6.45, 7) is 1.24. The molecule has 0 saturated carbocycles. The van der Waals surface area contributed by atoms with E-state index in [0.717, 1.165) is 4.90 Å². The Kier molecular flexibility index (Phi) is 3.47. The van der Waals surface area contributed by atoms with E-state index in [1.54, 1.807) is 54.6 Å². The topological polar surface area (TPSA) is 63.7 Å². The summed E-state index contributed by atoms with van der Waals surface area (Å²) in [5, 5.41) is 0. The van der Waals surface area contributed by atoms with Crippen LogP contribution in [0, 0.1) is 0 Å². The van der Waals surface area contributed by atoms with E-state index in [2.05, 4.69) is 0 Å². The molecule has 1 heterocycles. The van der Waals surface area contributed by atoms with Crippen LogP contribution in [0.1, 0.15) is 39.4 Å². The van der Waals surface area contributed by atoms with Crippen molar-refractivity contribution in [3.05, 3.63) is 71.3 Å². The van der Waals surface area contributed by atoms with Gasteiger partial charge < -0.3 is 4.74 Å². The molecule has 5 nitrogen and oxygen atoms in total. The highest BCUT2D eigenvalue weighted by Crippen LogP contribution is 2.32. The number of rotatable bonds is 3. The number of esters is 1. The van der Waals surface area contributed by atoms with Crippen molar-refractivity contribution in [1.29, 1.82) is 0 Å². The Labute approximate surface area is 127 Å². The number of fused-ring (bicyclic) bond motifs is 1. The van der Waals surface area contributed by atoms with Crippen LogP contribution >= 0.6 is 0 Å². The third kappa shape index (κ3) is 2.26. The van der Waals surface area contributed by atoms with Crippen LogP contribution in [0.2, 0.25) is 0 Å². The van der Waals surface area contributed by atoms with Gasteiger partial charge in [-0.25, -0.2) is 4.90 Å². The second-order valence-electron chi connectivity index (χ2n) is 4.90. The summed E-state index contributed by atoms with van der Waals surface area (Å²) in [7, 11) is 0. The number of carbonyl (C=O) groups is 3. The molecule has 0 bridgehead atoms. The molecular formula is C17H13NO4. The van der Waals surface area contributed by atoms with Crippen LogP contribution < -0.4 is 0 Å². The number of hydrogen-bond acceptors (Lipinski definition) is 4. The lowest BCUT2D eigenvalue weighted by Crippen LogP contribution is -2.36. The zero-order valence-corrected chi connectivity index (χ0v) is 11.9. The molecule has 1 atom stereocenters. The Balaban J connectivity index is 2.05. The van der Waals surface area contributed by atoms with E-state index < -0.39 is 24.0 Å². The third-order valence-corrected chi connectivity index (χ3v) is 3.42. The van der Waals surface area contributed by atoms with Gasteiger partial charge in [0.05, 0.1) is 11.1 Å². The van der Waals surface area contributed by atoms with Crippen molar-refractivity contribution in [2.24, 2.45) is 0 Å². The molecule has 2 aromatic rings. The zero-order chi connectivity index (χ0) is 15.7. The summed E-state index contributed by atoms with van der Waals surface area (Å²) in [5.41, 5.74) is 1.20. The van der Waals surface area contributed by atoms with Gasteiger partial charge in [0.1, 0.15) is 0 Å². The van der Waals surface area contributed by atoms with Crippen molar-refractivity contribution >= 4 is 17.8 Å². The van der Waals surface area contributed by atoms with E-state index in [1.165, 1.54) is 6.92 Å². The van der Waals surface area contributed by atoms with Crippen molar-refractivity contribution < 1.29 is 19.1 Å². The number of benzene rings is 2. The van der Waals surface area contributed by atoms with Crippen LogP contribution in [0.3, 0.4) is 0 Å². The number of amides is 2. The molecule has 0 spiro atoms. The van der Waals surface area contributed by atoms with E-state index in [1.807, 2.05) is 0 Å². The largest absolute Gasteiger partial charge is 0.437 e. The Morgan fingerprint density at radius 1 is 0.909 bits per heavy atom. The smallest absolute Gasteiger partial charge is 0.304 e.